The molecule has 0 aliphatic heterocycles. The van der Waals surface area contributed by atoms with Gasteiger partial charge in [-0.1, -0.05) is 18.2 Å². The Hall–Kier alpha value is -1.94. The van der Waals surface area contributed by atoms with Gasteiger partial charge in [0, 0.05) is 17.1 Å². The Morgan fingerprint density at radius 1 is 1.14 bits per heavy atom. The number of thiazole rings is 1. The highest BCUT2D eigenvalue weighted by molar-refractivity contribution is 14.0. The van der Waals surface area contributed by atoms with Crippen molar-refractivity contribution in [2.75, 3.05) is 6.54 Å². The number of nitrogens with one attached hydrogen (secondary N) is 2. The Bertz CT molecular complexity index is 956. The fraction of sp³-hybridized carbons (Fsp3) is 0.381. The summed E-state index contributed by atoms with van der Waals surface area (Å²) in [4.78, 5) is 10.6. The van der Waals surface area contributed by atoms with Gasteiger partial charge in [-0.2, -0.15) is 5.10 Å². The van der Waals surface area contributed by atoms with Crippen molar-refractivity contribution < 1.29 is 0 Å². The third-order valence-electron chi connectivity index (χ3n) is 4.46. The number of aliphatic imine (C=N–C) groups is 1. The monoisotopic (exact) mass is 524 g/mol. The van der Waals surface area contributed by atoms with Crippen LogP contribution in [0.1, 0.15) is 39.5 Å². The molecule has 2 heterocycles. The quantitative estimate of drug-likeness (QED) is 0.285. The van der Waals surface area contributed by atoms with Crippen molar-refractivity contribution in [2.45, 2.75) is 47.7 Å². The summed E-state index contributed by atoms with van der Waals surface area (Å²) in [6.07, 6.45) is 0. The Labute approximate surface area is 193 Å². The smallest absolute Gasteiger partial charge is 0.191 e. The molecule has 0 fully saturated rings. The molecular weight excluding hydrogens is 495 g/mol. The van der Waals surface area contributed by atoms with E-state index in [1.807, 2.05) is 30.7 Å². The average molecular weight is 524 g/mol. The maximum Gasteiger partial charge on any atom is 0.191 e. The summed E-state index contributed by atoms with van der Waals surface area (Å²) in [5, 5.41) is 12.4. The van der Waals surface area contributed by atoms with Crippen LogP contribution in [0.3, 0.4) is 0 Å². The molecule has 3 aromatic rings. The minimum atomic E-state index is 0. The molecule has 0 bridgehead atoms. The first-order valence-corrected chi connectivity index (χ1v) is 10.4. The number of hydrogen-bond acceptors (Lipinski definition) is 4. The van der Waals surface area contributed by atoms with Gasteiger partial charge in [0.15, 0.2) is 5.96 Å². The van der Waals surface area contributed by atoms with Gasteiger partial charge < -0.3 is 10.6 Å². The molecule has 0 aliphatic carbocycles. The first-order valence-electron chi connectivity index (χ1n) is 9.54. The molecule has 2 aromatic heterocycles. The Morgan fingerprint density at radius 3 is 2.52 bits per heavy atom. The van der Waals surface area contributed by atoms with Crippen molar-refractivity contribution in [1.82, 2.24) is 25.4 Å². The van der Waals surface area contributed by atoms with Gasteiger partial charge in [-0.25, -0.2) is 14.7 Å². The molecule has 0 aliphatic rings. The highest BCUT2D eigenvalue weighted by atomic mass is 127. The molecule has 0 amide bonds. The number of para-hydroxylation sites is 1. The predicted octanol–water partition coefficient (Wildman–Crippen LogP) is 4.44. The van der Waals surface area contributed by atoms with Crippen molar-refractivity contribution in [3.05, 3.63) is 62.9 Å². The van der Waals surface area contributed by atoms with E-state index in [2.05, 4.69) is 59.7 Å². The lowest BCUT2D eigenvalue weighted by atomic mass is 10.2. The van der Waals surface area contributed by atoms with Crippen LogP contribution in [0.25, 0.3) is 5.69 Å². The largest absolute Gasteiger partial charge is 0.357 e. The number of aromatic nitrogens is 3. The fourth-order valence-corrected chi connectivity index (χ4v) is 3.88. The van der Waals surface area contributed by atoms with Crippen LogP contribution in [-0.2, 0) is 13.1 Å². The maximum absolute atomic E-state index is 4.78. The average Bonchev–Trinajstić information content (AvgIpc) is 3.18. The lowest BCUT2D eigenvalue weighted by molar-refractivity contribution is 0.797. The van der Waals surface area contributed by atoms with Crippen LogP contribution >= 0.6 is 35.3 Å². The third-order valence-corrected chi connectivity index (χ3v) is 5.53. The lowest BCUT2D eigenvalue weighted by Crippen LogP contribution is -2.36. The minimum absolute atomic E-state index is 0. The lowest BCUT2D eigenvalue weighted by Gasteiger charge is -2.12. The molecule has 3 rings (SSSR count). The van der Waals surface area contributed by atoms with E-state index in [0.717, 1.165) is 45.8 Å². The van der Waals surface area contributed by atoms with Crippen LogP contribution in [0.5, 0.6) is 0 Å². The van der Waals surface area contributed by atoms with Crippen LogP contribution in [-0.4, -0.2) is 27.3 Å². The Kier molecular flexibility index (Phi) is 8.63. The van der Waals surface area contributed by atoms with Gasteiger partial charge in [0.2, 0.25) is 0 Å². The van der Waals surface area contributed by atoms with Gasteiger partial charge in [-0.05, 0) is 52.3 Å². The van der Waals surface area contributed by atoms with E-state index < -0.39 is 0 Å². The van der Waals surface area contributed by atoms with Crippen LogP contribution in [0.2, 0.25) is 0 Å². The van der Waals surface area contributed by atoms with E-state index in [1.165, 1.54) is 4.88 Å². The van der Waals surface area contributed by atoms with Crippen molar-refractivity contribution >= 4 is 41.3 Å². The number of halogens is 1. The molecule has 0 atom stereocenters. The topological polar surface area (TPSA) is 67.1 Å². The zero-order valence-electron chi connectivity index (χ0n) is 17.6. The molecule has 0 spiro atoms. The van der Waals surface area contributed by atoms with Gasteiger partial charge >= 0.3 is 0 Å². The normalized spacial score (nSPS) is 11.3. The van der Waals surface area contributed by atoms with E-state index in [1.54, 1.807) is 11.3 Å². The molecule has 0 saturated heterocycles. The Balaban J connectivity index is 0.00000300. The molecule has 2 N–H and O–H groups in total. The molecule has 29 heavy (non-hydrogen) atoms. The summed E-state index contributed by atoms with van der Waals surface area (Å²) in [6, 6.07) is 10.4. The van der Waals surface area contributed by atoms with E-state index in [9.17, 15) is 0 Å². The standard InChI is InChI=1S/C21H28N6S.HI/c1-6-22-21(24-13-20-25-16(4)17(5)28-20)23-12-18-9-7-8-10-19(18)27-15(3)11-14(2)26-27;/h7-11H,6,12-13H2,1-5H3,(H2,22,23,24);1H. The molecule has 0 saturated carbocycles. The first-order chi connectivity index (χ1) is 13.5. The van der Waals surface area contributed by atoms with Gasteiger partial charge in [-0.15, -0.1) is 35.3 Å². The molecular formula is C21H29IN6S. The third kappa shape index (κ3) is 6.02. The zero-order chi connectivity index (χ0) is 20.1. The number of hydrogen-bond donors (Lipinski definition) is 2. The molecule has 0 unspecified atom stereocenters. The fourth-order valence-electron chi connectivity index (χ4n) is 3.00. The summed E-state index contributed by atoms with van der Waals surface area (Å²) in [5.74, 6) is 0.788. The van der Waals surface area contributed by atoms with Crippen LogP contribution in [0.15, 0.2) is 35.3 Å². The van der Waals surface area contributed by atoms with E-state index >= 15 is 0 Å². The van der Waals surface area contributed by atoms with Crippen molar-refractivity contribution in [3.8, 4) is 5.69 Å². The van der Waals surface area contributed by atoms with Crippen LogP contribution in [0.4, 0.5) is 0 Å². The van der Waals surface area contributed by atoms with Crippen molar-refractivity contribution in [3.63, 3.8) is 0 Å². The van der Waals surface area contributed by atoms with Crippen molar-refractivity contribution in [2.24, 2.45) is 4.99 Å². The number of aryl methyl sites for hydroxylation is 4. The maximum atomic E-state index is 4.78. The van der Waals surface area contributed by atoms with Gasteiger partial charge in [-0.3, -0.25) is 0 Å². The van der Waals surface area contributed by atoms with Gasteiger partial charge in [0.25, 0.3) is 0 Å². The van der Waals surface area contributed by atoms with E-state index in [4.69, 9.17) is 4.99 Å². The molecule has 156 valence electrons. The first kappa shape index (κ1) is 23.3. The summed E-state index contributed by atoms with van der Waals surface area (Å²) in [7, 11) is 0. The summed E-state index contributed by atoms with van der Waals surface area (Å²) < 4.78 is 1.99. The van der Waals surface area contributed by atoms with Gasteiger partial charge in [0.05, 0.1) is 30.2 Å². The number of benzene rings is 1. The second-order valence-electron chi connectivity index (χ2n) is 6.77. The second-order valence-corrected chi connectivity index (χ2v) is 8.05. The summed E-state index contributed by atoms with van der Waals surface area (Å²) in [6.45, 7) is 12.4. The van der Waals surface area contributed by atoms with E-state index in [0.29, 0.717) is 13.1 Å². The number of guanidine groups is 1. The van der Waals surface area contributed by atoms with Crippen LogP contribution in [0, 0.1) is 27.7 Å². The summed E-state index contributed by atoms with van der Waals surface area (Å²) in [5.41, 5.74) is 5.43. The number of nitrogens with zero attached hydrogens (tertiary/aromatic N) is 4. The van der Waals surface area contributed by atoms with E-state index in [-0.39, 0.29) is 24.0 Å². The number of rotatable bonds is 6. The summed E-state index contributed by atoms with van der Waals surface area (Å²) >= 11 is 1.72. The predicted molar refractivity (Wildman–Crippen MR) is 132 cm³/mol. The van der Waals surface area contributed by atoms with Crippen LogP contribution < -0.4 is 10.6 Å². The molecule has 0 radical (unpaired) electrons. The van der Waals surface area contributed by atoms with Gasteiger partial charge in [0.1, 0.15) is 5.01 Å². The zero-order valence-corrected chi connectivity index (χ0v) is 20.8. The molecule has 6 nitrogen and oxygen atoms in total. The second kappa shape index (κ2) is 10.7. The molecule has 1 aromatic carbocycles. The highest BCUT2D eigenvalue weighted by Crippen LogP contribution is 2.18. The Morgan fingerprint density at radius 2 is 1.90 bits per heavy atom. The van der Waals surface area contributed by atoms with Crippen molar-refractivity contribution in [1.29, 1.82) is 0 Å². The molecule has 8 heteroatoms. The SMILES string of the molecule is CCNC(=NCc1ccccc1-n1nc(C)cc1C)NCc1nc(C)c(C)s1.I. The highest BCUT2D eigenvalue weighted by Gasteiger charge is 2.09. The minimum Gasteiger partial charge on any atom is -0.357 e.